The van der Waals surface area contributed by atoms with Crippen LogP contribution in [-0.4, -0.2) is 69.2 Å². The van der Waals surface area contributed by atoms with E-state index in [9.17, 15) is 9.90 Å². The van der Waals surface area contributed by atoms with E-state index in [0.29, 0.717) is 19.6 Å². The highest BCUT2D eigenvalue weighted by molar-refractivity contribution is 5.80. The Balaban J connectivity index is 1.83. The lowest BCUT2D eigenvalue weighted by atomic mass is 9.89. The van der Waals surface area contributed by atoms with Gasteiger partial charge in [-0.15, -0.1) is 0 Å². The molecule has 0 bridgehead atoms. The second-order valence-corrected chi connectivity index (χ2v) is 7.19. The van der Waals surface area contributed by atoms with E-state index < -0.39 is 0 Å². The van der Waals surface area contributed by atoms with Crippen molar-refractivity contribution in [1.82, 2.24) is 19.4 Å². The lowest BCUT2D eigenvalue weighted by molar-refractivity contribution is -0.136. The monoisotopic (exact) mass is 308 g/mol. The lowest BCUT2D eigenvalue weighted by Gasteiger charge is -2.38. The lowest BCUT2D eigenvalue weighted by Crippen LogP contribution is -2.52. The van der Waals surface area contributed by atoms with Crippen molar-refractivity contribution in [1.29, 1.82) is 0 Å². The fourth-order valence-electron chi connectivity index (χ4n) is 2.56. The molecule has 0 spiro atoms. The molecule has 6 heteroatoms. The number of aliphatic hydroxyl groups is 1. The molecular formula is C16H28N4O2. The molecule has 2 heterocycles. The molecule has 1 amide bonds. The van der Waals surface area contributed by atoms with E-state index in [0.717, 1.165) is 13.1 Å². The van der Waals surface area contributed by atoms with Gasteiger partial charge in [-0.25, -0.2) is 4.98 Å². The van der Waals surface area contributed by atoms with Crippen molar-refractivity contribution < 1.29 is 9.90 Å². The molecule has 0 aromatic carbocycles. The highest BCUT2D eigenvalue weighted by Crippen LogP contribution is 2.20. The summed E-state index contributed by atoms with van der Waals surface area (Å²) in [7, 11) is 0. The molecule has 1 saturated heterocycles. The summed E-state index contributed by atoms with van der Waals surface area (Å²) in [5.74, 6) is 0.133. The zero-order valence-electron chi connectivity index (χ0n) is 14.1. The number of aliphatic hydroxyl groups excluding tert-OH is 1. The molecular weight excluding hydrogens is 280 g/mol. The number of nitrogens with zero attached hydrogens (tertiary/aromatic N) is 4. The summed E-state index contributed by atoms with van der Waals surface area (Å²) in [6.07, 6.45) is 4.84. The van der Waals surface area contributed by atoms with Gasteiger partial charge in [0.1, 0.15) is 6.04 Å². The van der Waals surface area contributed by atoms with Crippen molar-refractivity contribution in [3.8, 4) is 0 Å². The highest BCUT2D eigenvalue weighted by Gasteiger charge is 2.29. The number of carbonyl (C=O) groups is 1. The number of aromatic nitrogens is 2. The Kier molecular flexibility index (Phi) is 5.24. The Morgan fingerprint density at radius 1 is 1.27 bits per heavy atom. The molecule has 1 aliphatic heterocycles. The quantitative estimate of drug-likeness (QED) is 0.901. The van der Waals surface area contributed by atoms with E-state index in [1.165, 1.54) is 0 Å². The van der Waals surface area contributed by atoms with Crippen LogP contribution in [0.2, 0.25) is 0 Å². The van der Waals surface area contributed by atoms with Crippen LogP contribution in [0.15, 0.2) is 18.7 Å². The second kappa shape index (κ2) is 6.79. The largest absolute Gasteiger partial charge is 0.391 e. The maximum atomic E-state index is 12.5. The third-order valence-corrected chi connectivity index (χ3v) is 4.44. The van der Waals surface area contributed by atoms with E-state index >= 15 is 0 Å². The van der Waals surface area contributed by atoms with E-state index in [2.05, 4.69) is 9.88 Å². The van der Waals surface area contributed by atoms with Crippen molar-refractivity contribution in [2.45, 2.75) is 39.8 Å². The van der Waals surface area contributed by atoms with E-state index in [1.54, 1.807) is 12.5 Å². The molecule has 0 radical (unpaired) electrons. The van der Waals surface area contributed by atoms with Crippen LogP contribution in [0.4, 0.5) is 0 Å². The maximum absolute atomic E-state index is 12.5. The minimum atomic E-state index is -0.348. The predicted molar refractivity (Wildman–Crippen MR) is 85.4 cm³/mol. The van der Waals surface area contributed by atoms with Crippen LogP contribution < -0.4 is 0 Å². The zero-order valence-corrected chi connectivity index (χ0v) is 14.1. The Morgan fingerprint density at radius 3 is 2.41 bits per heavy atom. The average molecular weight is 308 g/mol. The van der Waals surface area contributed by atoms with Crippen LogP contribution in [-0.2, 0) is 4.79 Å². The first kappa shape index (κ1) is 17.0. The summed E-state index contributed by atoms with van der Waals surface area (Å²) < 4.78 is 1.83. The van der Waals surface area contributed by atoms with E-state index in [1.807, 2.05) is 43.4 Å². The minimum Gasteiger partial charge on any atom is -0.391 e. The van der Waals surface area contributed by atoms with E-state index in [4.69, 9.17) is 0 Å². The van der Waals surface area contributed by atoms with Crippen molar-refractivity contribution in [2.75, 3.05) is 32.7 Å². The van der Waals surface area contributed by atoms with Gasteiger partial charge in [0.05, 0.1) is 12.4 Å². The van der Waals surface area contributed by atoms with Crippen molar-refractivity contribution >= 4 is 5.91 Å². The smallest absolute Gasteiger partial charge is 0.245 e. The number of hydrogen-bond acceptors (Lipinski definition) is 4. The third-order valence-electron chi connectivity index (χ3n) is 4.44. The number of rotatable bonds is 4. The van der Waals surface area contributed by atoms with Crippen molar-refractivity contribution in [2.24, 2.45) is 5.41 Å². The summed E-state index contributed by atoms with van der Waals surface area (Å²) in [5.41, 5.74) is -0.108. The topological polar surface area (TPSA) is 61.6 Å². The number of piperazine rings is 1. The molecule has 2 rings (SSSR count). The first-order valence-electron chi connectivity index (χ1n) is 7.95. The summed E-state index contributed by atoms with van der Waals surface area (Å²) in [6.45, 7) is 11.8. The predicted octanol–water partition coefficient (Wildman–Crippen LogP) is 0.995. The molecule has 1 aromatic rings. The SMILES string of the molecule is CC(C(=O)N1CCN(CC(O)C(C)(C)C)CC1)n1ccnc1. The van der Waals surface area contributed by atoms with Crippen LogP contribution in [0.1, 0.15) is 33.7 Å². The normalized spacial score (nSPS) is 20.0. The van der Waals surface area contributed by atoms with Crippen molar-refractivity contribution in [3.63, 3.8) is 0 Å². The number of β-amino-alcohol motifs (C(OH)–C–C–N with tert-alkyl or cyclic N) is 1. The Labute approximate surface area is 132 Å². The fourth-order valence-corrected chi connectivity index (χ4v) is 2.56. The minimum absolute atomic E-state index is 0.108. The summed E-state index contributed by atoms with van der Waals surface area (Å²) in [4.78, 5) is 20.6. The average Bonchev–Trinajstić information content (AvgIpc) is 2.99. The molecule has 0 saturated carbocycles. The van der Waals surface area contributed by atoms with Crippen LogP contribution in [0, 0.1) is 5.41 Å². The van der Waals surface area contributed by atoms with Gasteiger partial charge >= 0.3 is 0 Å². The Hall–Kier alpha value is -1.40. The summed E-state index contributed by atoms with van der Waals surface area (Å²) >= 11 is 0. The number of amides is 1. The van der Waals surface area contributed by atoms with E-state index in [-0.39, 0.29) is 23.5 Å². The summed E-state index contributed by atoms with van der Waals surface area (Å²) in [6, 6.07) is -0.214. The standard InChI is InChI=1S/C16H28N4O2/c1-13(20-6-5-17-12-20)15(22)19-9-7-18(8-10-19)11-14(21)16(2,3)4/h5-6,12-14,21H,7-11H2,1-4H3. The van der Waals surface area contributed by atoms with Gasteiger partial charge in [0, 0.05) is 45.1 Å². The van der Waals surface area contributed by atoms with Crippen LogP contribution in [0.3, 0.4) is 0 Å². The molecule has 1 aliphatic rings. The maximum Gasteiger partial charge on any atom is 0.245 e. The van der Waals surface area contributed by atoms with Crippen LogP contribution in [0.25, 0.3) is 0 Å². The second-order valence-electron chi connectivity index (χ2n) is 7.19. The Bertz CT molecular complexity index is 473. The highest BCUT2D eigenvalue weighted by atomic mass is 16.3. The van der Waals surface area contributed by atoms with Crippen molar-refractivity contribution in [3.05, 3.63) is 18.7 Å². The molecule has 1 fully saturated rings. The molecule has 2 atom stereocenters. The first-order valence-corrected chi connectivity index (χ1v) is 7.95. The van der Waals surface area contributed by atoms with Gasteiger partial charge in [0.25, 0.3) is 0 Å². The molecule has 1 N–H and O–H groups in total. The van der Waals surface area contributed by atoms with Gasteiger partial charge < -0.3 is 14.6 Å². The van der Waals surface area contributed by atoms with Gasteiger partial charge in [-0.2, -0.15) is 0 Å². The molecule has 2 unspecified atom stereocenters. The third kappa shape index (κ3) is 4.08. The van der Waals surface area contributed by atoms with Gasteiger partial charge in [0.2, 0.25) is 5.91 Å². The summed E-state index contributed by atoms with van der Waals surface area (Å²) in [5, 5.41) is 10.2. The first-order chi connectivity index (χ1) is 10.3. The number of hydrogen-bond donors (Lipinski definition) is 1. The molecule has 6 nitrogen and oxygen atoms in total. The molecule has 22 heavy (non-hydrogen) atoms. The van der Waals surface area contributed by atoms with Gasteiger partial charge in [-0.05, 0) is 12.3 Å². The molecule has 124 valence electrons. The van der Waals surface area contributed by atoms with Gasteiger partial charge in [0.15, 0.2) is 0 Å². The fraction of sp³-hybridized carbons (Fsp3) is 0.750. The molecule has 1 aromatic heterocycles. The van der Waals surface area contributed by atoms with Gasteiger partial charge in [-0.1, -0.05) is 20.8 Å². The van der Waals surface area contributed by atoms with Crippen LogP contribution in [0.5, 0.6) is 0 Å². The van der Waals surface area contributed by atoms with Crippen LogP contribution >= 0.6 is 0 Å². The zero-order chi connectivity index (χ0) is 16.3. The Morgan fingerprint density at radius 2 is 1.91 bits per heavy atom. The van der Waals surface area contributed by atoms with Gasteiger partial charge in [-0.3, -0.25) is 9.69 Å². The number of carbonyl (C=O) groups excluding carboxylic acids is 1. The number of imidazole rings is 1. The molecule has 0 aliphatic carbocycles.